The number of halogens is 2. The summed E-state index contributed by atoms with van der Waals surface area (Å²) < 4.78 is 0. The topological polar surface area (TPSA) is 68.0 Å². The number of aromatic nitrogens is 1. The van der Waals surface area contributed by atoms with Crippen molar-refractivity contribution >= 4 is 40.5 Å². The van der Waals surface area contributed by atoms with Crippen LogP contribution < -0.4 is 11.1 Å². The largest absolute Gasteiger partial charge is 0.397 e. The highest BCUT2D eigenvalue weighted by atomic mass is 35.5. The van der Waals surface area contributed by atoms with Crippen molar-refractivity contribution < 1.29 is 4.79 Å². The second kappa shape index (κ2) is 5.47. The van der Waals surface area contributed by atoms with Crippen LogP contribution in [0.15, 0.2) is 30.5 Å². The SMILES string of the molecule is Cc1cnc(Cl)c(NC(=O)c2cccc(Cl)c2N)c1. The number of para-hydroxylation sites is 1. The Balaban J connectivity index is 2.31. The van der Waals surface area contributed by atoms with Crippen molar-refractivity contribution in [2.75, 3.05) is 11.1 Å². The molecule has 0 radical (unpaired) electrons. The first-order valence-electron chi connectivity index (χ1n) is 5.46. The lowest BCUT2D eigenvalue weighted by atomic mass is 10.1. The molecule has 0 spiro atoms. The maximum atomic E-state index is 12.1. The Morgan fingerprint density at radius 2 is 2.11 bits per heavy atom. The number of hydrogen-bond donors (Lipinski definition) is 2. The molecule has 0 aliphatic rings. The molecular formula is C13H11Cl2N3O. The number of nitrogens with one attached hydrogen (secondary N) is 1. The minimum atomic E-state index is -0.380. The molecule has 1 aromatic heterocycles. The zero-order chi connectivity index (χ0) is 14.0. The number of nitrogens with zero attached hydrogens (tertiary/aromatic N) is 1. The van der Waals surface area contributed by atoms with Crippen molar-refractivity contribution in [3.63, 3.8) is 0 Å². The van der Waals surface area contributed by atoms with Crippen LogP contribution in [0.1, 0.15) is 15.9 Å². The fourth-order valence-electron chi connectivity index (χ4n) is 1.56. The highest BCUT2D eigenvalue weighted by Crippen LogP contribution is 2.25. The third-order valence-corrected chi connectivity index (χ3v) is 3.15. The van der Waals surface area contributed by atoms with E-state index in [1.165, 1.54) is 0 Å². The van der Waals surface area contributed by atoms with E-state index in [-0.39, 0.29) is 16.7 Å². The van der Waals surface area contributed by atoms with Crippen molar-refractivity contribution in [2.24, 2.45) is 0 Å². The smallest absolute Gasteiger partial charge is 0.257 e. The molecule has 0 saturated carbocycles. The molecule has 0 unspecified atom stereocenters. The summed E-state index contributed by atoms with van der Waals surface area (Å²) in [4.78, 5) is 16.1. The molecule has 1 heterocycles. The number of nitrogens with two attached hydrogens (primary N) is 1. The standard InChI is InChI=1S/C13H11Cl2N3O/c1-7-5-10(12(15)17-6-7)18-13(19)8-3-2-4-9(14)11(8)16/h2-6H,16H2,1H3,(H,18,19). The Labute approximate surface area is 120 Å². The van der Waals surface area contributed by atoms with Gasteiger partial charge in [-0.1, -0.05) is 29.3 Å². The number of rotatable bonds is 2. The number of nitrogen functional groups attached to an aromatic ring is 1. The number of hydrogen-bond acceptors (Lipinski definition) is 3. The molecule has 2 aromatic rings. The lowest BCUT2D eigenvalue weighted by Crippen LogP contribution is -2.14. The van der Waals surface area contributed by atoms with Gasteiger partial charge in [0.05, 0.1) is 22.0 Å². The van der Waals surface area contributed by atoms with Gasteiger partial charge in [-0.2, -0.15) is 0 Å². The van der Waals surface area contributed by atoms with Gasteiger partial charge in [0.25, 0.3) is 5.91 Å². The first kappa shape index (κ1) is 13.6. The van der Waals surface area contributed by atoms with Crippen LogP contribution in [-0.4, -0.2) is 10.9 Å². The molecule has 19 heavy (non-hydrogen) atoms. The van der Waals surface area contributed by atoms with Gasteiger partial charge in [-0.05, 0) is 30.7 Å². The fraction of sp³-hybridized carbons (Fsp3) is 0.0769. The molecule has 3 N–H and O–H groups in total. The summed E-state index contributed by atoms with van der Waals surface area (Å²) in [6, 6.07) is 6.60. The van der Waals surface area contributed by atoms with Crippen molar-refractivity contribution in [2.45, 2.75) is 6.92 Å². The van der Waals surface area contributed by atoms with E-state index in [0.29, 0.717) is 16.3 Å². The van der Waals surface area contributed by atoms with Crippen molar-refractivity contribution in [3.05, 3.63) is 51.8 Å². The highest BCUT2D eigenvalue weighted by Gasteiger charge is 2.13. The molecular weight excluding hydrogens is 285 g/mol. The molecule has 1 amide bonds. The predicted octanol–water partition coefficient (Wildman–Crippen LogP) is 3.53. The van der Waals surface area contributed by atoms with Gasteiger partial charge in [-0.25, -0.2) is 4.98 Å². The number of carbonyl (C=O) groups excluding carboxylic acids is 1. The van der Waals surface area contributed by atoms with E-state index in [1.807, 2.05) is 6.92 Å². The average Bonchev–Trinajstić information content (AvgIpc) is 2.37. The van der Waals surface area contributed by atoms with Gasteiger partial charge >= 0.3 is 0 Å². The second-order valence-corrected chi connectivity index (χ2v) is 4.77. The zero-order valence-electron chi connectivity index (χ0n) is 10.1. The summed E-state index contributed by atoms with van der Waals surface area (Å²) in [5.74, 6) is -0.380. The van der Waals surface area contributed by atoms with Crippen molar-refractivity contribution in [1.29, 1.82) is 0 Å². The summed E-state index contributed by atoms with van der Waals surface area (Å²) in [5.41, 5.74) is 7.62. The monoisotopic (exact) mass is 295 g/mol. The number of amides is 1. The fourth-order valence-corrected chi connectivity index (χ4v) is 1.89. The lowest BCUT2D eigenvalue weighted by Gasteiger charge is -2.09. The Bertz CT molecular complexity index is 644. The van der Waals surface area contributed by atoms with Crippen molar-refractivity contribution in [1.82, 2.24) is 4.98 Å². The Hall–Kier alpha value is -1.78. The molecule has 4 nitrogen and oxygen atoms in total. The second-order valence-electron chi connectivity index (χ2n) is 4.01. The molecule has 0 fully saturated rings. The molecule has 6 heteroatoms. The molecule has 1 aromatic carbocycles. The maximum absolute atomic E-state index is 12.1. The van der Waals surface area contributed by atoms with Gasteiger partial charge in [0.2, 0.25) is 0 Å². The number of carbonyl (C=O) groups is 1. The molecule has 2 rings (SSSR count). The summed E-state index contributed by atoms with van der Waals surface area (Å²) in [6.45, 7) is 1.85. The van der Waals surface area contributed by atoms with E-state index < -0.39 is 0 Å². The normalized spacial score (nSPS) is 10.3. The molecule has 0 aliphatic heterocycles. The van der Waals surface area contributed by atoms with E-state index in [0.717, 1.165) is 5.56 Å². The predicted molar refractivity (Wildman–Crippen MR) is 77.8 cm³/mol. The van der Waals surface area contributed by atoms with E-state index in [1.54, 1.807) is 30.5 Å². The van der Waals surface area contributed by atoms with Crippen LogP contribution in [0.5, 0.6) is 0 Å². The maximum Gasteiger partial charge on any atom is 0.257 e. The van der Waals surface area contributed by atoms with Gasteiger partial charge < -0.3 is 11.1 Å². The molecule has 0 saturated heterocycles. The van der Waals surface area contributed by atoms with Crippen molar-refractivity contribution in [3.8, 4) is 0 Å². The van der Waals surface area contributed by atoms with E-state index in [2.05, 4.69) is 10.3 Å². The van der Waals surface area contributed by atoms with Gasteiger partial charge in [0, 0.05) is 6.20 Å². The Kier molecular flexibility index (Phi) is 3.93. The van der Waals surface area contributed by atoms with Gasteiger partial charge in [0.1, 0.15) is 0 Å². The minimum absolute atomic E-state index is 0.222. The van der Waals surface area contributed by atoms with Crippen LogP contribution in [0.2, 0.25) is 10.2 Å². The summed E-state index contributed by atoms with van der Waals surface area (Å²) >= 11 is 11.8. The van der Waals surface area contributed by atoms with Crippen LogP contribution in [-0.2, 0) is 0 Å². The van der Waals surface area contributed by atoms with Gasteiger partial charge in [-0.15, -0.1) is 0 Å². The van der Waals surface area contributed by atoms with Crippen LogP contribution in [0.3, 0.4) is 0 Å². The Morgan fingerprint density at radius 3 is 2.84 bits per heavy atom. The van der Waals surface area contributed by atoms with Gasteiger partial charge in [0.15, 0.2) is 5.15 Å². The van der Waals surface area contributed by atoms with E-state index >= 15 is 0 Å². The van der Waals surface area contributed by atoms with Crippen LogP contribution in [0, 0.1) is 6.92 Å². The minimum Gasteiger partial charge on any atom is -0.397 e. The number of aryl methyl sites for hydroxylation is 1. The van der Waals surface area contributed by atoms with Crippen LogP contribution >= 0.6 is 23.2 Å². The lowest BCUT2D eigenvalue weighted by molar-refractivity contribution is 0.102. The van der Waals surface area contributed by atoms with Crippen LogP contribution in [0.4, 0.5) is 11.4 Å². The van der Waals surface area contributed by atoms with E-state index in [9.17, 15) is 4.79 Å². The average molecular weight is 296 g/mol. The molecule has 0 aliphatic carbocycles. The quantitative estimate of drug-likeness (QED) is 0.658. The number of benzene rings is 1. The van der Waals surface area contributed by atoms with E-state index in [4.69, 9.17) is 28.9 Å². The number of anilines is 2. The molecule has 0 bridgehead atoms. The first-order chi connectivity index (χ1) is 8.99. The Morgan fingerprint density at radius 1 is 1.37 bits per heavy atom. The molecule has 98 valence electrons. The molecule has 0 atom stereocenters. The summed E-state index contributed by atoms with van der Waals surface area (Å²) in [6.07, 6.45) is 1.62. The summed E-state index contributed by atoms with van der Waals surface area (Å²) in [7, 11) is 0. The van der Waals surface area contributed by atoms with Crippen LogP contribution in [0.25, 0.3) is 0 Å². The zero-order valence-corrected chi connectivity index (χ0v) is 11.6. The number of pyridine rings is 1. The van der Waals surface area contributed by atoms with Gasteiger partial charge in [-0.3, -0.25) is 4.79 Å². The summed E-state index contributed by atoms with van der Waals surface area (Å²) in [5, 5.41) is 3.22. The first-order valence-corrected chi connectivity index (χ1v) is 6.22. The third-order valence-electron chi connectivity index (χ3n) is 2.52. The third kappa shape index (κ3) is 2.97. The highest BCUT2D eigenvalue weighted by molar-refractivity contribution is 6.34.